The van der Waals surface area contributed by atoms with Crippen molar-refractivity contribution in [1.82, 2.24) is 25.2 Å². The van der Waals surface area contributed by atoms with Crippen LogP contribution in [0.2, 0.25) is 5.02 Å². The first-order chi connectivity index (χ1) is 12.7. The fraction of sp³-hybridized carbons (Fsp3) is 0.316. The van der Waals surface area contributed by atoms with Crippen molar-refractivity contribution < 1.29 is 4.79 Å². The van der Waals surface area contributed by atoms with Gasteiger partial charge < -0.3 is 4.90 Å². The van der Waals surface area contributed by atoms with Crippen molar-refractivity contribution in [2.24, 2.45) is 0 Å². The van der Waals surface area contributed by atoms with Crippen molar-refractivity contribution in [3.8, 4) is 0 Å². The molecule has 0 atom stereocenters. The van der Waals surface area contributed by atoms with E-state index in [4.69, 9.17) is 11.6 Å². The molecule has 1 saturated heterocycles. The minimum absolute atomic E-state index is 0.166. The molecule has 1 aliphatic heterocycles. The number of carbonyl (C=O) groups excluding carboxylic acids is 1. The van der Waals surface area contributed by atoms with E-state index in [1.54, 1.807) is 0 Å². The van der Waals surface area contributed by atoms with E-state index in [-0.39, 0.29) is 5.91 Å². The van der Waals surface area contributed by atoms with Gasteiger partial charge in [-0.2, -0.15) is 15.4 Å². The molecule has 6 nitrogen and oxygen atoms in total. The molecule has 1 N–H and O–H groups in total. The molecule has 0 bridgehead atoms. The minimum Gasteiger partial charge on any atom is -0.340 e. The van der Waals surface area contributed by atoms with Crippen molar-refractivity contribution in [1.29, 1.82) is 0 Å². The molecule has 1 aromatic heterocycles. The summed E-state index contributed by atoms with van der Waals surface area (Å²) < 4.78 is 0. The molecule has 0 saturated carbocycles. The molecule has 0 radical (unpaired) electrons. The van der Waals surface area contributed by atoms with E-state index in [0.717, 1.165) is 54.3 Å². The lowest BCUT2D eigenvalue weighted by molar-refractivity contribution is -0.132. The van der Waals surface area contributed by atoms with Gasteiger partial charge in [-0.15, -0.1) is 0 Å². The Hall–Kier alpha value is -2.44. The molecule has 1 aliphatic rings. The number of piperazine rings is 1. The number of hydrogen-bond donors (Lipinski definition) is 1. The van der Waals surface area contributed by atoms with Crippen LogP contribution in [0.5, 0.6) is 0 Å². The molecule has 7 heteroatoms. The van der Waals surface area contributed by atoms with Gasteiger partial charge in [0, 0.05) is 37.7 Å². The smallest absolute Gasteiger partial charge is 0.227 e. The number of hydrogen-bond acceptors (Lipinski definition) is 4. The molecule has 1 amide bonds. The summed E-state index contributed by atoms with van der Waals surface area (Å²) in [6.07, 6.45) is 0.403. The van der Waals surface area contributed by atoms with E-state index < -0.39 is 0 Å². The van der Waals surface area contributed by atoms with E-state index in [9.17, 15) is 4.79 Å². The Morgan fingerprint density at radius 3 is 2.42 bits per heavy atom. The number of amides is 1. The topological polar surface area (TPSA) is 65.1 Å². The van der Waals surface area contributed by atoms with Gasteiger partial charge in [0.2, 0.25) is 5.91 Å². The lowest BCUT2D eigenvalue weighted by Gasteiger charge is -2.34. The second kappa shape index (κ2) is 7.43. The maximum atomic E-state index is 12.6. The van der Waals surface area contributed by atoms with Crippen LogP contribution in [0.4, 0.5) is 0 Å². The Morgan fingerprint density at radius 1 is 0.962 bits per heavy atom. The Balaban J connectivity index is 1.30. The molecule has 2 heterocycles. The number of fused-ring (bicyclic) bond motifs is 1. The van der Waals surface area contributed by atoms with E-state index >= 15 is 0 Å². The van der Waals surface area contributed by atoms with Gasteiger partial charge in [0.1, 0.15) is 11.0 Å². The van der Waals surface area contributed by atoms with Crippen LogP contribution >= 0.6 is 11.6 Å². The van der Waals surface area contributed by atoms with Gasteiger partial charge >= 0.3 is 0 Å². The zero-order chi connectivity index (χ0) is 17.9. The van der Waals surface area contributed by atoms with Crippen molar-refractivity contribution in [3.05, 3.63) is 58.6 Å². The zero-order valence-corrected chi connectivity index (χ0v) is 15.1. The number of aromatic amines is 1. The van der Waals surface area contributed by atoms with Crippen LogP contribution in [0, 0.1) is 0 Å². The molecule has 1 fully saturated rings. The highest BCUT2D eigenvalue weighted by atomic mass is 35.5. The fourth-order valence-electron chi connectivity index (χ4n) is 3.29. The standard InChI is InChI=1S/C19H20ClN5O/c20-16-4-1-14(2-5-16)13-24-7-9-25(10-8-24)19(26)12-15-3-6-17-18(11-15)22-23-21-17/h1-6,11H,7-10,12-13H2,(H,21,22,23). The number of halogens is 1. The number of H-pyrrole nitrogens is 1. The summed E-state index contributed by atoms with van der Waals surface area (Å²) in [6, 6.07) is 13.7. The van der Waals surface area contributed by atoms with Gasteiger partial charge in [0.15, 0.2) is 0 Å². The van der Waals surface area contributed by atoms with Gasteiger partial charge in [0.05, 0.1) is 6.42 Å². The predicted octanol–water partition coefficient (Wildman–Crippen LogP) is 2.50. The third-order valence-corrected chi connectivity index (χ3v) is 5.03. The maximum absolute atomic E-state index is 12.6. The van der Waals surface area contributed by atoms with Crippen LogP contribution in [0.3, 0.4) is 0 Å². The van der Waals surface area contributed by atoms with E-state index in [1.165, 1.54) is 5.56 Å². The van der Waals surface area contributed by atoms with Crippen LogP contribution in [0.15, 0.2) is 42.5 Å². The molecule has 26 heavy (non-hydrogen) atoms. The summed E-state index contributed by atoms with van der Waals surface area (Å²) in [5, 5.41) is 11.5. The lowest BCUT2D eigenvalue weighted by atomic mass is 10.1. The number of rotatable bonds is 4. The van der Waals surface area contributed by atoms with Crippen LogP contribution in [0.1, 0.15) is 11.1 Å². The maximum Gasteiger partial charge on any atom is 0.227 e. The van der Waals surface area contributed by atoms with Gasteiger partial charge in [-0.25, -0.2) is 0 Å². The van der Waals surface area contributed by atoms with Crippen LogP contribution < -0.4 is 0 Å². The summed E-state index contributed by atoms with van der Waals surface area (Å²) in [6.45, 7) is 4.19. The summed E-state index contributed by atoms with van der Waals surface area (Å²) in [7, 11) is 0. The van der Waals surface area contributed by atoms with Crippen molar-refractivity contribution >= 4 is 28.5 Å². The summed E-state index contributed by atoms with van der Waals surface area (Å²) in [5.41, 5.74) is 3.83. The van der Waals surface area contributed by atoms with Crippen molar-refractivity contribution in [2.75, 3.05) is 26.2 Å². The van der Waals surface area contributed by atoms with Gasteiger partial charge in [0.25, 0.3) is 0 Å². The quantitative estimate of drug-likeness (QED) is 0.767. The van der Waals surface area contributed by atoms with E-state index in [0.29, 0.717) is 6.42 Å². The largest absolute Gasteiger partial charge is 0.340 e. The highest BCUT2D eigenvalue weighted by Gasteiger charge is 2.21. The van der Waals surface area contributed by atoms with Crippen LogP contribution in [0.25, 0.3) is 11.0 Å². The molecular formula is C19H20ClN5O. The molecule has 4 rings (SSSR count). The number of aromatic nitrogens is 3. The van der Waals surface area contributed by atoms with Crippen molar-refractivity contribution in [2.45, 2.75) is 13.0 Å². The average molecular weight is 370 g/mol. The Kier molecular flexibility index (Phi) is 4.86. The molecule has 134 valence electrons. The molecular weight excluding hydrogens is 350 g/mol. The second-order valence-electron chi connectivity index (χ2n) is 6.61. The van der Waals surface area contributed by atoms with Gasteiger partial charge in [-0.1, -0.05) is 29.8 Å². The summed E-state index contributed by atoms with van der Waals surface area (Å²) in [5.74, 6) is 0.166. The third kappa shape index (κ3) is 3.86. The molecule has 0 aliphatic carbocycles. The van der Waals surface area contributed by atoms with Crippen LogP contribution in [-0.2, 0) is 17.8 Å². The number of nitrogens with one attached hydrogen (secondary N) is 1. The number of benzene rings is 2. The normalized spacial score (nSPS) is 15.5. The highest BCUT2D eigenvalue weighted by molar-refractivity contribution is 6.30. The zero-order valence-electron chi connectivity index (χ0n) is 14.4. The molecule has 0 spiro atoms. The Bertz CT molecular complexity index is 900. The summed E-state index contributed by atoms with van der Waals surface area (Å²) >= 11 is 5.93. The first-order valence-corrected chi connectivity index (χ1v) is 9.09. The third-order valence-electron chi connectivity index (χ3n) is 4.78. The second-order valence-corrected chi connectivity index (χ2v) is 7.04. The van der Waals surface area contributed by atoms with Gasteiger partial charge in [-0.3, -0.25) is 9.69 Å². The lowest BCUT2D eigenvalue weighted by Crippen LogP contribution is -2.48. The average Bonchev–Trinajstić information content (AvgIpc) is 3.12. The van der Waals surface area contributed by atoms with E-state index in [2.05, 4.69) is 32.4 Å². The molecule has 2 aromatic carbocycles. The number of nitrogens with zero attached hydrogens (tertiary/aromatic N) is 4. The fourth-order valence-corrected chi connectivity index (χ4v) is 3.41. The SMILES string of the molecule is O=C(Cc1ccc2n[nH]nc2c1)N1CCN(Cc2ccc(Cl)cc2)CC1. The Labute approximate surface area is 156 Å². The van der Waals surface area contributed by atoms with Crippen LogP contribution in [-0.4, -0.2) is 57.3 Å². The molecule has 3 aromatic rings. The Morgan fingerprint density at radius 2 is 1.65 bits per heavy atom. The molecule has 0 unspecified atom stereocenters. The first kappa shape index (κ1) is 17.0. The van der Waals surface area contributed by atoms with Gasteiger partial charge in [-0.05, 0) is 35.4 Å². The predicted molar refractivity (Wildman–Crippen MR) is 101 cm³/mol. The first-order valence-electron chi connectivity index (χ1n) is 8.71. The monoisotopic (exact) mass is 369 g/mol. The summed E-state index contributed by atoms with van der Waals surface area (Å²) in [4.78, 5) is 16.9. The van der Waals surface area contributed by atoms with Crippen molar-refractivity contribution in [3.63, 3.8) is 0 Å². The number of carbonyl (C=O) groups is 1. The highest BCUT2D eigenvalue weighted by Crippen LogP contribution is 2.15. The van der Waals surface area contributed by atoms with E-state index in [1.807, 2.05) is 35.2 Å². The minimum atomic E-state index is 0.166.